The van der Waals surface area contributed by atoms with Crippen LogP contribution in [0.2, 0.25) is 0 Å². The van der Waals surface area contributed by atoms with Crippen LogP contribution in [0.1, 0.15) is 27.2 Å². The van der Waals surface area contributed by atoms with Gasteiger partial charge in [0.05, 0.1) is 0 Å². The molecule has 80 valence electrons. The molecule has 3 rings (SSSR count). The summed E-state index contributed by atoms with van der Waals surface area (Å²) in [6.07, 6.45) is 4.54. The Morgan fingerprint density at radius 2 is 2.33 bits per heavy atom. The minimum atomic E-state index is -0.200. The van der Waals surface area contributed by atoms with E-state index in [0.717, 1.165) is 12.1 Å². The molecule has 3 aliphatic rings. The van der Waals surface area contributed by atoms with Crippen molar-refractivity contribution in [3.8, 4) is 0 Å². The van der Waals surface area contributed by atoms with Crippen LogP contribution in [0.15, 0.2) is 16.9 Å². The number of carbonyl (C=O) groups excluding carboxylic acids is 1. The van der Waals surface area contributed by atoms with Gasteiger partial charge in [-0.2, -0.15) is 5.10 Å². The van der Waals surface area contributed by atoms with Crippen LogP contribution in [-0.4, -0.2) is 22.8 Å². The third kappa shape index (κ3) is 1.02. The molecule has 2 atom stereocenters. The molecular weight excluding hydrogens is 190 g/mol. The van der Waals surface area contributed by atoms with Crippen molar-refractivity contribution in [2.24, 2.45) is 16.4 Å². The highest BCUT2D eigenvalue weighted by molar-refractivity contribution is 5.93. The van der Waals surface area contributed by atoms with Crippen LogP contribution in [0.25, 0.3) is 0 Å². The summed E-state index contributed by atoms with van der Waals surface area (Å²) in [6.45, 7) is 6.33. The summed E-state index contributed by atoms with van der Waals surface area (Å²) >= 11 is 0. The Morgan fingerprint density at radius 3 is 2.93 bits per heavy atom. The minimum Gasteiger partial charge on any atom is -0.363 e. The average molecular weight is 205 g/mol. The van der Waals surface area contributed by atoms with Gasteiger partial charge in [0.15, 0.2) is 0 Å². The van der Waals surface area contributed by atoms with Crippen LogP contribution in [0.4, 0.5) is 0 Å². The largest absolute Gasteiger partial charge is 0.363 e. The first kappa shape index (κ1) is 8.95. The lowest BCUT2D eigenvalue weighted by atomic mass is 9.90. The highest BCUT2D eigenvalue weighted by atomic mass is 16.2. The summed E-state index contributed by atoms with van der Waals surface area (Å²) in [5.41, 5.74) is 0.817. The Labute approximate surface area is 89.0 Å². The van der Waals surface area contributed by atoms with Crippen molar-refractivity contribution in [1.82, 2.24) is 10.3 Å². The summed E-state index contributed by atoms with van der Waals surface area (Å²) in [4.78, 5) is 11.9. The maximum absolute atomic E-state index is 11.9. The highest BCUT2D eigenvalue weighted by Gasteiger charge is 2.65. The standard InChI is InChI=1S/C11H15N3O/c1-10(2,3)8-4-9(15)14-11(13-8)5-7(11)6-12-14/h4,6-7,13H,5H2,1-3H3. The quantitative estimate of drug-likeness (QED) is 0.642. The summed E-state index contributed by atoms with van der Waals surface area (Å²) < 4.78 is 0. The summed E-state index contributed by atoms with van der Waals surface area (Å²) in [5.74, 6) is 0.419. The van der Waals surface area contributed by atoms with E-state index in [4.69, 9.17) is 0 Å². The first-order valence-electron chi connectivity index (χ1n) is 5.32. The number of hydrogen-bond acceptors (Lipinski definition) is 3. The molecule has 2 aliphatic heterocycles. The number of nitrogens with zero attached hydrogens (tertiary/aromatic N) is 2. The molecule has 4 heteroatoms. The van der Waals surface area contributed by atoms with E-state index in [0.29, 0.717) is 5.92 Å². The lowest BCUT2D eigenvalue weighted by Crippen LogP contribution is -2.52. The molecule has 4 nitrogen and oxygen atoms in total. The van der Waals surface area contributed by atoms with E-state index in [-0.39, 0.29) is 17.0 Å². The smallest absolute Gasteiger partial charge is 0.270 e. The Hall–Kier alpha value is -1.32. The first-order valence-corrected chi connectivity index (χ1v) is 5.32. The molecule has 0 radical (unpaired) electrons. The van der Waals surface area contributed by atoms with Gasteiger partial charge in [-0.15, -0.1) is 0 Å². The van der Waals surface area contributed by atoms with Gasteiger partial charge in [0, 0.05) is 35.7 Å². The van der Waals surface area contributed by atoms with E-state index < -0.39 is 0 Å². The second kappa shape index (κ2) is 2.26. The van der Waals surface area contributed by atoms with Crippen LogP contribution < -0.4 is 5.32 Å². The number of amides is 1. The zero-order valence-electron chi connectivity index (χ0n) is 9.24. The number of hydrazone groups is 1. The topological polar surface area (TPSA) is 44.7 Å². The number of nitrogens with one attached hydrogen (secondary N) is 1. The van der Waals surface area contributed by atoms with Gasteiger partial charge < -0.3 is 5.32 Å². The average Bonchev–Trinajstić information content (AvgIpc) is 2.66. The normalized spacial score (nSPS) is 37.0. The van der Waals surface area contributed by atoms with Crippen molar-refractivity contribution in [1.29, 1.82) is 0 Å². The molecule has 15 heavy (non-hydrogen) atoms. The Balaban J connectivity index is 1.99. The van der Waals surface area contributed by atoms with E-state index in [1.54, 1.807) is 11.1 Å². The van der Waals surface area contributed by atoms with E-state index >= 15 is 0 Å². The zero-order valence-corrected chi connectivity index (χ0v) is 9.24. The molecule has 1 fully saturated rings. The number of allylic oxidation sites excluding steroid dienone is 1. The lowest BCUT2D eigenvalue weighted by molar-refractivity contribution is -0.130. The van der Waals surface area contributed by atoms with Gasteiger partial charge in [-0.1, -0.05) is 20.8 Å². The van der Waals surface area contributed by atoms with Crippen LogP contribution in [0.3, 0.4) is 0 Å². The second-order valence-corrected chi connectivity index (χ2v) is 5.58. The fourth-order valence-electron chi connectivity index (χ4n) is 2.25. The van der Waals surface area contributed by atoms with Crippen molar-refractivity contribution in [2.75, 3.05) is 0 Å². The fourth-order valence-corrected chi connectivity index (χ4v) is 2.25. The van der Waals surface area contributed by atoms with Gasteiger partial charge in [-0.3, -0.25) is 4.79 Å². The first-order chi connectivity index (χ1) is 6.93. The number of hydrogen-bond donors (Lipinski definition) is 1. The van der Waals surface area contributed by atoms with Gasteiger partial charge in [-0.25, -0.2) is 5.01 Å². The molecule has 0 aromatic heterocycles. The maximum atomic E-state index is 11.9. The predicted molar refractivity (Wildman–Crippen MR) is 56.8 cm³/mol. The van der Waals surface area contributed by atoms with Gasteiger partial charge >= 0.3 is 0 Å². The molecular formula is C11H15N3O. The number of carbonyl (C=O) groups is 1. The van der Waals surface area contributed by atoms with Gasteiger partial charge in [-0.05, 0) is 0 Å². The molecule has 0 bridgehead atoms. The van der Waals surface area contributed by atoms with Crippen molar-refractivity contribution in [3.63, 3.8) is 0 Å². The summed E-state index contributed by atoms with van der Waals surface area (Å²) in [6, 6.07) is 0. The van der Waals surface area contributed by atoms with E-state index in [1.165, 1.54) is 0 Å². The molecule has 0 saturated heterocycles. The number of rotatable bonds is 0. The van der Waals surface area contributed by atoms with Crippen LogP contribution in [-0.2, 0) is 4.79 Å². The predicted octanol–water partition coefficient (Wildman–Crippen LogP) is 1.06. The molecule has 1 N–H and O–H groups in total. The molecule has 1 spiro atoms. The fraction of sp³-hybridized carbons (Fsp3) is 0.636. The third-order valence-corrected chi connectivity index (χ3v) is 3.36. The highest BCUT2D eigenvalue weighted by Crippen LogP contribution is 2.52. The maximum Gasteiger partial charge on any atom is 0.270 e. The van der Waals surface area contributed by atoms with Crippen LogP contribution >= 0.6 is 0 Å². The molecule has 2 heterocycles. The second-order valence-electron chi connectivity index (χ2n) is 5.58. The Bertz CT molecular complexity index is 405. The summed E-state index contributed by atoms with van der Waals surface area (Å²) in [5, 5.41) is 9.20. The summed E-state index contributed by atoms with van der Waals surface area (Å²) in [7, 11) is 0. The molecule has 1 aliphatic carbocycles. The monoisotopic (exact) mass is 205 g/mol. The van der Waals surface area contributed by atoms with E-state index in [9.17, 15) is 4.79 Å². The van der Waals surface area contributed by atoms with Gasteiger partial charge in [0.25, 0.3) is 5.91 Å². The Morgan fingerprint density at radius 1 is 1.60 bits per heavy atom. The van der Waals surface area contributed by atoms with Crippen molar-refractivity contribution >= 4 is 12.1 Å². The molecule has 0 aromatic carbocycles. The molecule has 1 saturated carbocycles. The SMILES string of the molecule is CC(C)(C)C1=CC(=O)N2N=CC3CC32N1. The third-order valence-electron chi connectivity index (χ3n) is 3.36. The van der Waals surface area contributed by atoms with Crippen molar-refractivity contribution in [3.05, 3.63) is 11.8 Å². The molecule has 1 amide bonds. The zero-order chi connectivity index (χ0) is 10.8. The van der Waals surface area contributed by atoms with Crippen LogP contribution in [0, 0.1) is 11.3 Å². The van der Waals surface area contributed by atoms with Gasteiger partial charge in [0.2, 0.25) is 0 Å². The van der Waals surface area contributed by atoms with Crippen molar-refractivity contribution in [2.45, 2.75) is 32.9 Å². The molecule has 0 aromatic rings. The van der Waals surface area contributed by atoms with Gasteiger partial charge in [0.1, 0.15) is 5.66 Å². The lowest BCUT2D eigenvalue weighted by Gasteiger charge is -2.36. The molecule has 2 unspecified atom stereocenters. The Kier molecular flexibility index (Phi) is 1.35. The minimum absolute atomic E-state index is 0.00771. The van der Waals surface area contributed by atoms with Crippen LogP contribution in [0.5, 0.6) is 0 Å². The van der Waals surface area contributed by atoms with E-state index in [2.05, 4.69) is 31.2 Å². The van der Waals surface area contributed by atoms with E-state index in [1.807, 2.05) is 6.21 Å². The van der Waals surface area contributed by atoms with Crippen molar-refractivity contribution < 1.29 is 4.79 Å².